The normalized spacial score (nSPS) is 11.4. The molecule has 0 heterocycles. The number of rotatable bonds is 11. The second kappa shape index (κ2) is 18.4. The van der Waals surface area contributed by atoms with Crippen LogP contribution in [0.3, 0.4) is 0 Å². The molecule has 2 N–H and O–H groups in total. The van der Waals surface area contributed by atoms with Gasteiger partial charge in [-0.15, -0.1) is 0 Å². The van der Waals surface area contributed by atoms with E-state index < -0.39 is 6.10 Å². The molecule has 0 spiro atoms. The highest BCUT2D eigenvalue weighted by molar-refractivity contribution is 5.65. The van der Waals surface area contributed by atoms with Gasteiger partial charge in [0.25, 0.3) is 0 Å². The summed E-state index contributed by atoms with van der Waals surface area (Å²) in [4.78, 5) is 9.82. The van der Waals surface area contributed by atoms with Crippen molar-refractivity contribution >= 4 is 5.97 Å². The maximum atomic E-state index is 9.82. The van der Waals surface area contributed by atoms with Crippen molar-refractivity contribution < 1.29 is 19.7 Å². The van der Waals surface area contributed by atoms with Gasteiger partial charge in [-0.05, 0) is 13.3 Å². The van der Waals surface area contributed by atoms with E-state index in [2.05, 4.69) is 11.7 Å². The van der Waals surface area contributed by atoms with Gasteiger partial charge < -0.3 is 14.9 Å². The number of ether oxygens (including phenoxy) is 1. The van der Waals surface area contributed by atoms with Crippen molar-refractivity contribution in [2.24, 2.45) is 0 Å². The van der Waals surface area contributed by atoms with Crippen LogP contribution in [0.15, 0.2) is 0 Å². The first-order valence-corrected chi connectivity index (χ1v) is 8.00. The molecule has 0 radical (unpaired) electrons. The fourth-order valence-electron chi connectivity index (χ4n) is 1.81. The average Bonchev–Trinajstić information content (AvgIpc) is 2.42. The summed E-state index contributed by atoms with van der Waals surface area (Å²) < 4.78 is 4.40. The van der Waals surface area contributed by atoms with Gasteiger partial charge in [-0.2, -0.15) is 0 Å². The number of carbonyl (C=O) groups is 1. The summed E-state index contributed by atoms with van der Waals surface area (Å²) >= 11 is 0. The average molecular weight is 290 g/mol. The van der Waals surface area contributed by atoms with E-state index in [1.54, 1.807) is 6.92 Å². The van der Waals surface area contributed by atoms with Crippen LogP contribution in [0.4, 0.5) is 0 Å². The molecule has 20 heavy (non-hydrogen) atoms. The van der Waals surface area contributed by atoms with Crippen LogP contribution in [0.25, 0.3) is 0 Å². The molecular formula is C16H34O4. The van der Waals surface area contributed by atoms with Crippen LogP contribution in [0.2, 0.25) is 0 Å². The molecule has 0 saturated carbocycles. The highest BCUT2D eigenvalue weighted by Gasteiger charge is 2.00. The van der Waals surface area contributed by atoms with Gasteiger partial charge in [0, 0.05) is 6.92 Å². The molecular weight excluding hydrogens is 256 g/mol. The van der Waals surface area contributed by atoms with Crippen molar-refractivity contribution in [2.45, 2.75) is 84.7 Å². The summed E-state index contributed by atoms with van der Waals surface area (Å²) in [6.07, 6.45) is 10.5. The first-order valence-electron chi connectivity index (χ1n) is 8.00. The molecule has 0 rings (SSSR count). The van der Waals surface area contributed by atoms with Gasteiger partial charge in [0.15, 0.2) is 0 Å². The fraction of sp³-hybridized carbons (Fsp3) is 0.938. The first-order chi connectivity index (χ1) is 9.58. The lowest BCUT2D eigenvalue weighted by Gasteiger charge is -2.06. The zero-order valence-corrected chi connectivity index (χ0v) is 13.6. The van der Waals surface area contributed by atoms with Gasteiger partial charge in [0.1, 0.15) is 0 Å². The second-order valence-electron chi connectivity index (χ2n) is 5.02. The largest absolute Gasteiger partial charge is 0.466 e. The number of aliphatic hydroxyl groups excluding tert-OH is 2. The Morgan fingerprint density at radius 1 is 1.00 bits per heavy atom. The molecule has 0 aromatic heterocycles. The standard InChI is InChI=1S/C12H26O2.C4H8O2/c1-2-3-4-5-6-7-8-9-10-12(14)11-13;1-3-6-4(2)5/h12-14H,2-11H2,1H3;3H2,1-2H3. The van der Waals surface area contributed by atoms with Crippen LogP contribution in [0, 0.1) is 0 Å². The molecule has 0 aromatic carbocycles. The summed E-state index contributed by atoms with van der Waals surface area (Å²) in [7, 11) is 0. The molecule has 0 aliphatic carbocycles. The van der Waals surface area contributed by atoms with Crippen molar-refractivity contribution in [3.63, 3.8) is 0 Å². The summed E-state index contributed by atoms with van der Waals surface area (Å²) in [6, 6.07) is 0. The fourth-order valence-corrected chi connectivity index (χ4v) is 1.81. The van der Waals surface area contributed by atoms with Crippen molar-refractivity contribution in [3.8, 4) is 0 Å². The summed E-state index contributed by atoms with van der Waals surface area (Å²) in [5.74, 6) is -0.211. The Labute approximate surface area is 124 Å². The molecule has 0 amide bonds. The van der Waals surface area contributed by atoms with E-state index in [0.29, 0.717) is 6.61 Å². The number of unbranched alkanes of at least 4 members (excludes halogenated alkanes) is 7. The van der Waals surface area contributed by atoms with E-state index in [4.69, 9.17) is 10.2 Å². The molecule has 0 bridgehead atoms. The van der Waals surface area contributed by atoms with E-state index in [1.807, 2.05) is 0 Å². The van der Waals surface area contributed by atoms with E-state index in [0.717, 1.165) is 12.8 Å². The van der Waals surface area contributed by atoms with E-state index >= 15 is 0 Å². The zero-order chi connectivity index (χ0) is 15.6. The minimum absolute atomic E-state index is 0.0868. The Kier molecular flexibility index (Phi) is 19.9. The lowest BCUT2D eigenvalue weighted by Crippen LogP contribution is -2.10. The molecule has 4 heteroatoms. The number of carbonyl (C=O) groups excluding carboxylic acids is 1. The molecule has 1 unspecified atom stereocenters. The Morgan fingerprint density at radius 3 is 1.85 bits per heavy atom. The van der Waals surface area contributed by atoms with Gasteiger partial charge in [-0.3, -0.25) is 4.79 Å². The minimum Gasteiger partial charge on any atom is -0.466 e. The SMILES string of the molecule is CCCCCCCCCCC(O)CO.CCOC(C)=O. The Bertz CT molecular complexity index is 195. The smallest absolute Gasteiger partial charge is 0.302 e. The molecule has 1 atom stereocenters. The van der Waals surface area contributed by atoms with Gasteiger partial charge in [0.05, 0.1) is 19.3 Å². The third-order valence-electron chi connectivity index (χ3n) is 2.95. The number of hydrogen-bond donors (Lipinski definition) is 2. The third kappa shape index (κ3) is 22.6. The van der Waals surface area contributed by atoms with Gasteiger partial charge in [0.2, 0.25) is 0 Å². The minimum atomic E-state index is -0.491. The van der Waals surface area contributed by atoms with Crippen molar-refractivity contribution in [1.29, 1.82) is 0 Å². The molecule has 122 valence electrons. The van der Waals surface area contributed by atoms with Gasteiger partial charge in [-0.25, -0.2) is 0 Å². The van der Waals surface area contributed by atoms with Gasteiger partial charge >= 0.3 is 5.97 Å². The molecule has 0 saturated heterocycles. The molecule has 0 fully saturated rings. The molecule has 4 nitrogen and oxygen atoms in total. The van der Waals surface area contributed by atoms with E-state index in [-0.39, 0.29) is 12.6 Å². The van der Waals surface area contributed by atoms with Crippen LogP contribution in [0.5, 0.6) is 0 Å². The quantitative estimate of drug-likeness (QED) is 0.452. The lowest BCUT2D eigenvalue weighted by atomic mass is 10.1. The lowest BCUT2D eigenvalue weighted by molar-refractivity contribution is -0.140. The zero-order valence-electron chi connectivity index (χ0n) is 13.6. The van der Waals surface area contributed by atoms with Crippen molar-refractivity contribution in [2.75, 3.05) is 13.2 Å². The Morgan fingerprint density at radius 2 is 1.50 bits per heavy atom. The van der Waals surface area contributed by atoms with Crippen molar-refractivity contribution in [3.05, 3.63) is 0 Å². The summed E-state index contributed by atoms with van der Waals surface area (Å²) in [6.45, 7) is 5.80. The highest BCUT2D eigenvalue weighted by Crippen LogP contribution is 2.10. The van der Waals surface area contributed by atoms with Crippen molar-refractivity contribution in [1.82, 2.24) is 0 Å². The maximum Gasteiger partial charge on any atom is 0.302 e. The van der Waals surface area contributed by atoms with Crippen LogP contribution < -0.4 is 0 Å². The topological polar surface area (TPSA) is 66.8 Å². The molecule has 0 aliphatic heterocycles. The monoisotopic (exact) mass is 290 g/mol. The number of hydrogen-bond acceptors (Lipinski definition) is 4. The summed E-state index contributed by atoms with van der Waals surface area (Å²) in [5, 5.41) is 17.7. The molecule has 0 aromatic rings. The van der Waals surface area contributed by atoms with E-state index in [9.17, 15) is 4.79 Å². The predicted octanol–water partition coefficient (Wildman–Crippen LogP) is 3.44. The van der Waals surface area contributed by atoms with Crippen LogP contribution in [-0.4, -0.2) is 35.5 Å². The maximum absolute atomic E-state index is 9.82. The van der Waals surface area contributed by atoms with Crippen LogP contribution in [0.1, 0.15) is 78.6 Å². The first kappa shape index (κ1) is 21.7. The third-order valence-corrected chi connectivity index (χ3v) is 2.95. The molecule has 0 aliphatic rings. The predicted molar refractivity (Wildman–Crippen MR) is 82.6 cm³/mol. The number of esters is 1. The number of aliphatic hydroxyl groups is 2. The second-order valence-corrected chi connectivity index (χ2v) is 5.02. The van der Waals surface area contributed by atoms with E-state index in [1.165, 1.54) is 51.9 Å². The van der Waals surface area contributed by atoms with Crippen LogP contribution >= 0.6 is 0 Å². The highest BCUT2D eigenvalue weighted by atomic mass is 16.5. The van der Waals surface area contributed by atoms with Crippen LogP contribution in [-0.2, 0) is 9.53 Å². The summed E-state index contributed by atoms with van der Waals surface area (Å²) in [5.41, 5.74) is 0. The Balaban J connectivity index is 0. The Hall–Kier alpha value is -0.610. The van der Waals surface area contributed by atoms with Gasteiger partial charge in [-0.1, -0.05) is 58.3 Å².